The summed E-state index contributed by atoms with van der Waals surface area (Å²) >= 11 is 0. The maximum atomic E-state index is 10.7. The average Bonchev–Trinajstić information content (AvgIpc) is 2.16. The van der Waals surface area contributed by atoms with Crippen molar-refractivity contribution >= 4 is 10.4 Å². The predicted molar refractivity (Wildman–Crippen MR) is 57.6 cm³/mol. The molecule has 1 aliphatic heterocycles. The minimum atomic E-state index is -4.72. The fourth-order valence-electron chi connectivity index (χ4n) is 1.86. The lowest BCUT2D eigenvalue weighted by Gasteiger charge is -2.42. The van der Waals surface area contributed by atoms with Gasteiger partial charge in [0.1, 0.15) is 18.3 Å². The molecule has 5 unspecified atom stereocenters. The van der Waals surface area contributed by atoms with E-state index in [9.17, 15) is 18.6 Å². The Kier molecular flexibility index (Phi) is 4.50. The minimum Gasteiger partial charge on any atom is -0.388 e. The van der Waals surface area contributed by atoms with E-state index in [1.807, 2.05) is 0 Å². The standard InChI is InChI=1S/C9H18O7S/c1-4(2)8-9(16-17(12,13)14)7(11)6(10)5(3)15-8/h4-11H,1-3H3,(H,12,13,14). The van der Waals surface area contributed by atoms with Crippen LogP contribution in [0.25, 0.3) is 0 Å². The van der Waals surface area contributed by atoms with E-state index in [2.05, 4.69) is 4.18 Å². The first-order valence-electron chi connectivity index (χ1n) is 5.30. The number of ether oxygens (including phenoxy) is 1. The van der Waals surface area contributed by atoms with Crippen LogP contribution < -0.4 is 0 Å². The Morgan fingerprint density at radius 2 is 1.76 bits per heavy atom. The summed E-state index contributed by atoms with van der Waals surface area (Å²) in [6.45, 7) is 5.07. The van der Waals surface area contributed by atoms with Gasteiger partial charge in [0.05, 0.1) is 12.2 Å². The maximum Gasteiger partial charge on any atom is 0.397 e. The molecule has 7 nitrogen and oxygen atoms in total. The summed E-state index contributed by atoms with van der Waals surface area (Å²) in [5.41, 5.74) is 0. The third-order valence-electron chi connectivity index (χ3n) is 2.75. The van der Waals surface area contributed by atoms with Crippen LogP contribution in [0.2, 0.25) is 0 Å². The SMILES string of the molecule is CC(C)C1OC(C)C(O)C(O)C1OS(=O)(=O)O. The Labute approximate surface area is 100 Å². The molecule has 0 aromatic carbocycles. The summed E-state index contributed by atoms with van der Waals surface area (Å²) in [4.78, 5) is 0. The molecule has 3 N–H and O–H groups in total. The first-order valence-corrected chi connectivity index (χ1v) is 6.67. The van der Waals surface area contributed by atoms with Gasteiger partial charge >= 0.3 is 10.4 Å². The van der Waals surface area contributed by atoms with Crippen LogP contribution >= 0.6 is 0 Å². The summed E-state index contributed by atoms with van der Waals surface area (Å²) in [6, 6.07) is 0. The molecule has 0 bridgehead atoms. The lowest BCUT2D eigenvalue weighted by molar-refractivity contribution is -0.220. The quantitative estimate of drug-likeness (QED) is 0.583. The highest BCUT2D eigenvalue weighted by atomic mass is 32.3. The van der Waals surface area contributed by atoms with E-state index < -0.39 is 40.9 Å². The van der Waals surface area contributed by atoms with Crippen molar-refractivity contribution in [2.45, 2.75) is 51.3 Å². The molecule has 0 aromatic rings. The first-order chi connectivity index (χ1) is 7.63. The molecule has 0 spiro atoms. The van der Waals surface area contributed by atoms with Gasteiger partial charge in [0, 0.05) is 0 Å². The van der Waals surface area contributed by atoms with Crippen LogP contribution in [-0.4, -0.2) is 53.7 Å². The molecule has 0 aliphatic carbocycles. The minimum absolute atomic E-state index is 0.147. The van der Waals surface area contributed by atoms with E-state index in [0.29, 0.717) is 0 Å². The van der Waals surface area contributed by atoms with Crippen LogP contribution in [0.3, 0.4) is 0 Å². The Hall–Kier alpha value is -0.250. The summed E-state index contributed by atoms with van der Waals surface area (Å²) in [5, 5.41) is 19.3. The average molecular weight is 270 g/mol. The Balaban J connectivity index is 2.94. The van der Waals surface area contributed by atoms with Gasteiger partial charge in [-0.3, -0.25) is 4.55 Å². The van der Waals surface area contributed by atoms with E-state index in [-0.39, 0.29) is 5.92 Å². The Morgan fingerprint density at radius 3 is 2.18 bits per heavy atom. The molecule has 5 atom stereocenters. The molecule has 17 heavy (non-hydrogen) atoms. The van der Waals surface area contributed by atoms with Gasteiger partial charge in [-0.05, 0) is 12.8 Å². The first kappa shape index (κ1) is 14.8. The van der Waals surface area contributed by atoms with Crippen LogP contribution in [0.4, 0.5) is 0 Å². The molecule has 1 aliphatic rings. The number of hydrogen-bond acceptors (Lipinski definition) is 6. The van der Waals surface area contributed by atoms with Crippen molar-refractivity contribution in [2.75, 3.05) is 0 Å². The maximum absolute atomic E-state index is 10.7. The van der Waals surface area contributed by atoms with E-state index >= 15 is 0 Å². The van der Waals surface area contributed by atoms with Crippen LogP contribution in [-0.2, 0) is 19.3 Å². The summed E-state index contributed by atoms with van der Waals surface area (Å²) in [6.07, 6.45) is -5.40. The summed E-state index contributed by atoms with van der Waals surface area (Å²) < 4.78 is 39.8. The monoisotopic (exact) mass is 270 g/mol. The van der Waals surface area contributed by atoms with Crippen LogP contribution in [0.5, 0.6) is 0 Å². The molecule has 0 aromatic heterocycles. The van der Waals surface area contributed by atoms with Gasteiger partial charge < -0.3 is 14.9 Å². The van der Waals surface area contributed by atoms with Gasteiger partial charge in [0.15, 0.2) is 0 Å². The zero-order valence-electron chi connectivity index (χ0n) is 9.85. The van der Waals surface area contributed by atoms with Gasteiger partial charge in [0.25, 0.3) is 0 Å². The fourth-order valence-corrected chi connectivity index (χ4v) is 2.36. The number of aliphatic hydroxyl groups excluding tert-OH is 2. The third-order valence-corrected chi connectivity index (χ3v) is 3.22. The Bertz CT molecular complexity index is 352. The van der Waals surface area contributed by atoms with Gasteiger partial charge in [-0.25, -0.2) is 4.18 Å². The zero-order valence-corrected chi connectivity index (χ0v) is 10.7. The zero-order chi connectivity index (χ0) is 13.4. The molecule has 1 heterocycles. The second-order valence-electron chi connectivity index (χ2n) is 4.52. The summed E-state index contributed by atoms with van der Waals surface area (Å²) in [5.74, 6) is -0.147. The van der Waals surface area contributed by atoms with E-state index in [0.717, 1.165) is 0 Å². The number of hydrogen-bond donors (Lipinski definition) is 3. The number of aliphatic hydroxyl groups is 2. The lowest BCUT2D eigenvalue weighted by Crippen LogP contribution is -2.59. The second kappa shape index (κ2) is 5.17. The van der Waals surface area contributed by atoms with Gasteiger partial charge in [-0.15, -0.1) is 0 Å². The van der Waals surface area contributed by atoms with Crippen molar-refractivity contribution < 1.29 is 32.1 Å². The molecule has 0 radical (unpaired) electrons. The Morgan fingerprint density at radius 1 is 1.24 bits per heavy atom. The molecular formula is C9H18O7S. The molecular weight excluding hydrogens is 252 g/mol. The summed E-state index contributed by atoms with van der Waals surface area (Å²) in [7, 11) is -4.72. The van der Waals surface area contributed by atoms with Crippen molar-refractivity contribution in [3.8, 4) is 0 Å². The highest BCUT2D eigenvalue weighted by molar-refractivity contribution is 7.80. The van der Waals surface area contributed by atoms with Gasteiger partial charge in [-0.2, -0.15) is 8.42 Å². The fraction of sp³-hybridized carbons (Fsp3) is 1.00. The van der Waals surface area contributed by atoms with Crippen LogP contribution in [0, 0.1) is 5.92 Å². The van der Waals surface area contributed by atoms with E-state index in [1.54, 1.807) is 20.8 Å². The van der Waals surface area contributed by atoms with Crippen molar-refractivity contribution in [2.24, 2.45) is 5.92 Å². The molecule has 1 saturated heterocycles. The smallest absolute Gasteiger partial charge is 0.388 e. The second-order valence-corrected chi connectivity index (χ2v) is 5.57. The molecule has 102 valence electrons. The molecule has 1 rings (SSSR count). The largest absolute Gasteiger partial charge is 0.397 e. The van der Waals surface area contributed by atoms with Crippen molar-refractivity contribution in [3.05, 3.63) is 0 Å². The molecule has 1 fully saturated rings. The number of rotatable bonds is 3. The van der Waals surface area contributed by atoms with Gasteiger partial charge in [-0.1, -0.05) is 13.8 Å². The normalized spacial score (nSPS) is 39.6. The van der Waals surface area contributed by atoms with Crippen molar-refractivity contribution in [3.63, 3.8) is 0 Å². The highest BCUT2D eigenvalue weighted by Crippen LogP contribution is 2.28. The molecule has 0 saturated carbocycles. The topological polar surface area (TPSA) is 113 Å². The molecule has 8 heteroatoms. The van der Waals surface area contributed by atoms with Gasteiger partial charge in [0.2, 0.25) is 0 Å². The third kappa shape index (κ3) is 3.60. The van der Waals surface area contributed by atoms with Crippen molar-refractivity contribution in [1.29, 1.82) is 0 Å². The van der Waals surface area contributed by atoms with E-state index in [4.69, 9.17) is 9.29 Å². The predicted octanol–water partition coefficient (Wildman–Crippen LogP) is -0.660. The van der Waals surface area contributed by atoms with Crippen LogP contribution in [0.1, 0.15) is 20.8 Å². The lowest BCUT2D eigenvalue weighted by atomic mass is 9.90. The van der Waals surface area contributed by atoms with Crippen LogP contribution in [0.15, 0.2) is 0 Å². The van der Waals surface area contributed by atoms with E-state index in [1.165, 1.54) is 0 Å². The molecule has 0 amide bonds. The van der Waals surface area contributed by atoms with Crippen molar-refractivity contribution in [1.82, 2.24) is 0 Å². The highest BCUT2D eigenvalue weighted by Gasteiger charge is 2.46.